The molecule has 5 nitrogen and oxygen atoms in total. The van der Waals surface area contributed by atoms with Crippen molar-refractivity contribution >= 4 is 0 Å². The molecule has 29 heavy (non-hydrogen) atoms. The fourth-order valence-corrected chi connectivity index (χ4v) is 3.26. The van der Waals surface area contributed by atoms with Crippen molar-refractivity contribution in [1.29, 1.82) is 0 Å². The molecule has 0 spiro atoms. The highest BCUT2D eigenvalue weighted by Gasteiger charge is 2.14. The number of ether oxygens (including phenoxy) is 1. The van der Waals surface area contributed by atoms with Crippen LogP contribution in [-0.4, -0.2) is 27.5 Å². The van der Waals surface area contributed by atoms with Gasteiger partial charge < -0.3 is 15.2 Å². The summed E-state index contributed by atoms with van der Waals surface area (Å²) < 4.78 is 7.58. The summed E-state index contributed by atoms with van der Waals surface area (Å²) in [6, 6.07) is 17.7. The van der Waals surface area contributed by atoms with Crippen LogP contribution in [0, 0.1) is 0 Å². The highest BCUT2D eigenvalue weighted by molar-refractivity contribution is 5.33. The molecule has 0 radical (unpaired) electrons. The molecular formula is C24H31N3O2. The van der Waals surface area contributed by atoms with Crippen LogP contribution in [0.2, 0.25) is 0 Å². The van der Waals surface area contributed by atoms with Crippen LogP contribution in [0.4, 0.5) is 0 Å². The molecule has 1 unspecified atom stereocenters. The van der Waals surface area contributed by atoms with Crippen LogP contribution >= 0.6 is 0 Å². The highest BCUT2D eigenvalue weighted by Crippen LogP contribution is 2.21. The van der Waals surface area contributed by atoms with Gasteiger partial charge in [-0.2, -0.15) is 5.10 Å². The second-order valence-electron chi connectivity index (χ2n) is 7.86. The Morgan fingerprint density at radius 3 is 2.31 bits per heavy atom. The number of aromatic nitrogens is 2. The summed E-state index contributed by atoms with van der Waals surface area (Å²) in [5.41, 5.74) is 4.14. The first-order valence-corrected chi connectivity index (χ1v) is 10.2. The molecule has 1 atom stereocenters. The van der Waals surface area contributed by atoms with Crippen molar-refractivity contribution in [2.24, 2.45) is 0 Å². The molecule has 2 aromatic carbocycles. The Balaban J connectivity index is 1.61. The van der Waals surface area contributed by atoms with E-state index in [9.17, 15) is 5.11 Å². The molecule has 0 aliphatic rings. The normalized spacial score (nSPS) is 12.5. The number of hydrogen-bond donors (Lipinski definition) is 2. The number of aliphatic hydroxyl groups excluding tert-OH is 1. The topological polar surface area (TPSA) is 59.3 Å². The number of hydrogen-bond acceptors (Lipinski definition) is 4. The van der Waals surface area contributed by atoms with Crippen molar-refractivity contribution in [2.45, 2.75) is 52.4 Å². The van der Waals surface area contributed by atoms with Crippen LogP contribution in [0.15, 0.2) is 60.8 Å². The molecule has 3 aromatic rings. The zero-order valence-electron chi connectivity index (χ0n) is 17.7. The van der Waals surface area contributed by atoms with E-state index in [4.69, 9.17) is 9.84 Å². The molecule has 0 saturated carbocycles. The van der Waals surface area contributed by atoms with Gasteiger partial charge in [0, 0.05) is 24.8 Å². The summed E-state index contributed by atoms with van der Waals surface area (Å²) in [6.07, 6.45) is 1.64. The summed E-state index contributed by atoms with van der Waals surface area (Å²) in [5, 5.41) is 18.7. The predicted octanol–water partition coefficient (Wildman–Crippen LogP) is 4.61. The van der Waals surface area contributed by atoms with Crippen LogP contribution in [0.3, 0.4) is 0 Å². The van der Waals surface area contributed by atoms with Crippen molar-refractivity contribution in [1.82, 2.24) is 15.1 Å². The second kappa shape index (κ2) is 9.72. The van der Waals surface area contributed by atoms with Gasteiger partial charge >= 0.3 is 0 Å². The lowest BCUT2D eigenvalue weighted by atomic mass is 10.1. The lowest BCUT2D eigenvalue weighted by molar-refractivity contribution is 0.174. The third kappa shape index (κ3) is 5.68. The summed E-state index contributed by atoms with van der Waals surface area (Å²) in [4.78, 5) is 0. The number of para-hydroxylation sites is 1. The van der Waals surface area contributed by atoms with Crippen molar-refractivity contribution in [2.75, 3.05) is 6.54 Å². The van der Waals surface area contributed by atoms with E-state index >= 15 is 0 Å². The third-order valence-corrected chi connectivity index (χ3v) is 4.68. The van der Waals surface area contributed by atoms with Gasteiger partial charge in [-0.3, -0.25) is 0 Å². The van der Waals surface area contributed by atoms with E-state index in [0.717, 1.165) is 28.3 Å². The van der Waals surface area contributed by atoms with E-state index in [1.165, 1.54) is 0 Å². The maximum Gasteiger partial charge on any atom is 0.119 e. The second-order valence-corrected chi connectivity index (χ2v) is 7.86. The smallest absolute Gasteiger partial charge is 0.119 e. The largest absolute Gasteiger partial charge is 0.491 e. The number of aliphatic hydroxyl groups is 1. The van der Waals surface area contributed by atoms with E-state index in [2.05, 4.69) is 25.4 Å². The zero-order valence-corrected chi connectivity index (χ0v) is 17.7. The quantitative estimate of drug-likeness (QED) is 0.557. The van der Waals surface area contributed by atoms with Crippen LogP contribution in [0.1, 0.15) is 56.5 Å². The van der Waals surface area contributed by atoms with Gasteiger partial charge in [0.05, 0.1) is 23.6 Å². The molecule has 0 fully saturated rings. The maximum absolute atomic E-state index is 10.5. The van der Waals surface area contributed by atoms with Gasteiger partial charge in [-0.1, -0.05) is 44.2 Å². The molecule has 1 aromatic heterocycles. The molecule has 154 valence electrons. The molecule has 1 heterocycles. The predicted molar refractivity (Wildman–Crippen MR) is 117 cm³/mol. The summed E-state index contributed by atoms with van der Waals surface area (Å²) in [6.45, 7) is 9.42. The Labute approximate surface area is 173 Å². The Hall–Kier alpha value is -2.63. The fourth-order valence-electron chi connectivity index (χ4n) is 3.26. The Bertz CT molecular complexity index is 886. The average molecular weight is 394 g/mol. The maximum atomic E-state index is 10.5. The third-order valence-electron chi connectivity index (χ3n) is 4.68. The number of rotatable bonds is 9. The van der Waals surface area contributed by atoms with E-state index < -0.39 is 6.10 Å². The van der Waals surface area contributed by atoms with Gasteiger partial charge in [-0.25, -0.2) is 4.68 Å². The van der Waals surface area contributed by atoms with E-state index in [0.29, 0.717) is 19.0 Å². The highest BCUT2D eigenvalue weighted by atomic mass is 16.5. The number of nitrogens with zero attached hydrogens (tertiary/aromatic N) is 2. The monoisotopic (exact) mass is 393 g/mol. The lowest BCUT2D eigenvalue weighted by Crippen LogP contribution is -2.21. The molecular weight excluding hydrogens is 362 g/mol. The number of nitrogens with one attached hydrogen (secondary N) is 1. The summed E-state index contributed by atoms with van der Waals surface area (Å²) in [7, 11) is 0. The van der Waals surface area contributed by atoms with E-state index in [1.807, 2.05) is 73.1 Å². The van der Waals surface area contributed by atoms with Gasteiger partial charge in [-0.15, -0.1) is 0 Å². The molecule has 0 saturated heterocycles. The Morgan fingerprint density at radius 2 is 1.69 bits per heavy atom. The SMILES string of the molecule is CC(C)Oc1ccc(C(O)CNCc2cn(-c3ccccc3)nc2C(C)C)cc1. The number of benzene rings is 2. The van der Waals surface area contributed by atoms with E-state index in [1.54, 1.807) is 0 Å². The van der Waals surface area contributed by atoms with Crippen molar-refractivity contribution in [3.63, 3.8) is 0 Å². The molecule has 5 heteroatoms. The first-order chi connectivity index (χ1) is 13.9. The average Bonchev–Trinajstić information content (AvgIpc) is 3.13. The molecule has 0 bridgehead atoms. The minimum Gasteiger partial charge on any atom is -0.491 e. The first kappa shape index (κ1) is 21.1. The molecule has 0 amide bonds. The van der Waals surface area contributed by atoms with Crippen LogP contribution in [0.5, 0.6) is 5.75 Å². The fraction of sp³-hybridized carbons (Fsp3) is 0.375. The summed E-state index contributed by atoms with van der Waals surface area (Å²) in [5.74, 6) is 1.15. The van der Waals surface area contributed by atoms with E-state index in [-0.39, 0.29) is 6.10 Å². The van der Waals surface area contributed by atoms with Crippen molar-refractivity contribution in [3.05, 3.63) is 77.6 Å². The van der Waals surface area contributed by atoms with Gasteiger partial charge in [-0.05, 0) is 49.6 Å². The lowest BCUT2D eigenvalue weighted by Gasteiger charge is -2.14. The Morgan fingerprint density at radius 1 is 1.00 bits per heavy atom. The standard InChI is InChI=1S/C24H31N3O2/c1-17(2)24-20(16-27(26-24)21-8-6-5-7-9-21)14-25-15-23(28)19-10-12-22(13-11-19)29-18(3)4/h5-13,16-18,23,25,28H,14-15H2,1-4H3. The van der Waals surface area contributed by atoms with Gasteiger partial charge in [0.1, 0.15) is 5.75 Å². The molecule has 0 aliphatic carbocycles. The van der Waals surface area contributed by atoms with Crippen LogP contribution in [-0.2, 0) is 6.54 Å². The van der Waals surface area contributed by atoms with Gasteiger partial charge in [0.15, 0.2) is 0 Å². The zero-order chi connectivity index (χ0) is 20.8. The van der Waals surface area contributed by atoms with Crippen molar-refractivity contribution in [3.8, 4) is 11.4 Å². The van der Waals surface area contributed by atoms with Gasteiger partial charge in [0.25, 0.3) is 0 Å². The van der Waals surface area contributed by atoms with Gasteiger partial charge in [0.2, 0.25) is 0 Å². The van der Waals surface area contributed by atoms with Crippen LogP contribution < -0.4 is 10.1 Å². The minimum absolute atomic E-state index is 0.138. The molecule has 2 N–H and O–H groups in total. The van der Waals surface area contributed by atoms with Crippen molar-refractivity contribution < 1.29 is 9.84 Å². The molecule has 0 aliphatic heterocycles. The summed E-state index contributed by atoms with van der Waals surface area (Å²) >= 11 is 0. The first-order valence-electron chi connectivity index (χ1n) is 10.2. The Kier molecular flexibility index (Phi) is 7.07. The van der Waals surface area contributed by atoms with Crippen LogP contribution in [0.25, 0.3) is 5.69 Å². The molecule has 3 rings (SSSR count). The minimum atomic E-state index is -0.574.